The largest absolute Gasteiger partial charge is 0.454 e. The van der Waals surface area contributed by atoms with Crippen LogP contribution in [0.1, 0.15) is 28.4 Å². The summed E-state index contributed by atoms with van der Waals surface area (Å²) in [6.07, 6.45) is -3.08. The summed E-state index contributed by atoms with van der Waals surface area (Å²) in [5.41, 5.74) is 1.65. The van der Waals surface area contributed by atoms with Crippen molar-refractivity contribution >= 4 is 23.2 Å². The Labute approximate surface area is 275 Å². The highest BCUT2D eigenvalue weighted by molar-refractivity contribution is 6.04. The Morgan fingerprint density at radius 1 is 0.917 bits per heavy atom. The summed E-state index contributed by atoms with van der Waals surface area (Å²) in [6, 6.07) is 20.5. The molecule has 1 N–H and O–H groups in total. The number of benzene rings is 3. The maximum absolute atomic E-state index is 13.2. The number of hydrogen-bond acceptors (Lipinski definition) is 8. The average molecular weight is 662 g/mol. The Morgan fingerprint density at radius 2 is 1.65 bits per heavy atom. The number of aromatic nitrogens is 1. The number of rotatable bonds is 10. The van der Waals surface area contributed by atoms with Crippen LogP contribution in [0.2, 0.25) is 0 Å². The zero-order valence-corrected chi connectivity index (χ0v) is 26.2. The van der Waals surface area contributed by atoms with E-state index in [1.165, 1.54) is 6.20 Å². The third kappa shape index (κ3) is 7.97. The molecule has 2 aliphatic heterocycles. The van der Waals surface area contributed by atoms with Crippen LogP contribution in [0.25, 0.3) is 0 Å². The van der Waals surface area contributed by atoms with Crippen molar-refractivity contribution in [3.05, 3.63) is 102 Å². The predicted octanol–water partition coefficient (Wildman–Crippen LogP) is 6.04. The highest BCUT2D eigenvalue weighted by Gasteiger charge is 2.30. The van der Waals surface area contributed by atoms with Crippen LogP contribution in [0.3, 0.4) is 0 Å². The SMILES string of the molecule is CCN(CC(=O)N1CCN(Cc2ccc3c(c2)OCO3)CC1)c1ccc(Oc2ccc(NC(=O)c3ccc(C(F)(F)F)cc3)cn2)cc1. The summed E-state index contributed by atoms with van der Waals surface area (Å²) in [7, 11) is 0. The molecule has 1 fully saturated rings. The molecule has 48 heavy (non-hydrogen) atoms. The van der Waals surface area contributed by atoms with E-state index in [4.69, 9.17) is 14.2 Å². The van der Waals surface area contributed by atoms with E-state index in [-0.39, 0.29) is 30.7 Å². The predicted molar refractivity (Wildman–Crippen MR) is 172 cm³/mol. The van der Waals surface area contributed by atoms with Crippen molar-refractivity contribution in [1.29, 1.82) is 0 Å². The lowest BCUT2D eigenvalue weighted by molar-refractivity contribution is -0.137. The van der Waals surface area contributed by atoms with Gasteiger partial charge in [-0.25, -0.2) is 4.98 Å². The molecule has 0 saturated carbocycles. The molecule has 3 heterocycles. The smallest absolute Gasteiger partial charge is 0.416 e. The second-order valence-electron chi connectivity index (χ2n) is 11.4. The van der Waals surface area contributed by atoms with Gasteiger partial charge in [-0.1, -0.05) is 6.07 Å². The van der Waals surface area contributed by atoms with Crippen LogP contribution >= 0.6 is 0 Å². The lowest BCUT2D eigenvalue weighted by atomic mass is 10.1. The minimum atomic E-state index is -4.47. The number of anilines is 2. The maximum atomic E-state index is 13.2. The van der Waals surface area contributed by atoms with E-state index in [1.807, 2.05) is 47.1 Å². The van der Waals surface area contributed by atoms with Gasteiger partial charge in [-0.2, -0.15) is 13.2 Å². The molecule has 0 radical (unpaired) electrons. The molecule has 13 heteroatoms. The summed E-state index contributed by atoms with van der Waals surface area (Å²) in [4.78, 5) is 36.1. The van der Waals surface area contributed by atoms with Crippen molar-refractivity contribution in [2.45, 2.75) is 19.6 Å². The van der Waals surface area contributed by atoms with Gasteiger partial charge < -0.3 is 29.3 Å². The number of alkyl halides is 3. The number of hydrogen-bond donors (Lipinski definition) is 1. The van der Waals surface area contributed by atoms with Gasteiger partial charge in [-0.05, 0) is 79.2 Å². The summed E-state index contributed by atoms with van der Waals surface area (Å²) < 4.78 is 55.1. The van der Waals surface area contributed by atoms with Crippen molar-refractivity contribution in [2.75, 3.05) is 56.3 Å². The van der Waals surface area contributed by atoms with Gasteiger partial charge in [0.15, 0.2) is 11.5 Å². The van der Waals surface area contributed by atoms with Gasteiger partial charge in [0.2, 0.25) is 18.6 Å². The first kappa shape index (κ1) is 32.6. The molecule has 3 aromatic carbocycles. The molecule has 6 rings (SSSR count). The van der Waals surface area contributed by atoms with E-state index in [0.29, 0.717) is 31.1 Å². The van der Waals surface area contributed by atoms with Crippen LogP contribution in [-0.2, 0) is 17.5 Å². The highest BCUT2D eigenvalue weighted by Crippen LogP contribution is 2.33. The van der Waals surface area contributed by atoms with E-state index in [9.17, 15) is 22.8 Å². The molecule has 10 nitrogen and oxygen atoms in total. The van der Waals surface area contributed by atoms with Gasteiger partial charge in [0, 0.05) is 56.6 Å². The van der Waals surface area contributed by atoms with Crippen molar-refractivity contribution < 1.29 is 37.0 Å². The van der Waals surface area contributed by atoms with Gasteiger partial charge in [-0.3, -0.25) is 14.5 Å². The van der Waals surface area contributed by atoms with Crippen molar-refractivity contribution in [3.8, 4) is 23.1 Å². The molecule has 1 saturated heterocycles. The standard InChI is InChI=1S/C35H34F3N5O5/c1-2-42(22-33(44)43-17-15-41(16-18-43)21-24-3-13-30-31(19-24)47-23-46-30)28-9-11-29(12-10-28)48-32-14-8-27(20-39-32)40-34(45)25-4-6-26(7-5-25)35(36,37)38/h3-14,19-20H,2,15-18,21-23H2,1H3,(H,40,45). The van der Waals surface area contributed by atoms with E-state index < -0.39 is 17.6 Å². The molecule has 0 atom stereocenters. The third-order valence-corrected chi connectivity index (χ3v) is 8.17. The van der Waals surface area contributed by atoms with Gasteiger partial charge in [0.1, 0.15) is 5.75 Å². The Hall–Kier alpha value is -5.30. The fourth-order valence-electron chi connectivity index (χ4n) is 5.48. The van der Waals surface area contributed by atoms with E-state index in [2.05, 4.69) is 15.2 Å². The zero-order valence-electron chi connectivity index (χ0n) is 26.2. The van der Waals surface area contributed by atoms with Crippen molar-refractivity contribution in [2.24, 2.45) is 0 Å². The molecule has 0 bridgehead atoms. The second-order valence-corrected chi connectivity index (χ2v) is 11.4. The molecular formula is C35H34F3N5O5. The number of halogens is 3. The molecule has 2 aliphatic rings. The van der Waals surface area contributed by atoms with Gasteiger partial charge in [0.25, 0.3) is 5.91 Å². The molecule has 1 aromatic heterocycles. The normalized spacial score (nSPS) is 14.5. The highest BCUT2D eigenvalue weighted by atomic mass is 19.4. The summed E-state index contributed by atoms with van der Waals surface area (Å²) in [6.45, 7) is 6.87. The fourth-order valence-corrected chi connectivity index (χ4v) is 5.48. The maximum Gasteiger partial charge on any atom is 0.416 e. The number of carbonyl (C=O) groups is 2. The first-order valence-electron chi connectivity index (χ1n) is 15.5. The summed E-state index contributed by atoms with van der Waals surface area (Å²) >= 11 is 0. The minimum Gasteiger partial charge on any atom is -0.454 e. The van der Waals surface area contributed by atoms with Gasteiger partial charge in [0.05, 0.1) is 24.0 Å². The number of carbonyl (C=O) groups excluding carboxylic acids is 2. The number of fused-ring (bicyclic) bond motifs is 1. The number of nitrogens with zero attached hydrogens (tertiary/aromatic N) is 4. The van der Waals surface area contributed by atoms with Crippen LogP contribution in [0.5, 0.6) is 23.1 Å². The number of likely N-dealkylation sites (N-methyl/N-ethyl adjacent to an activating group) is 1. The van der Waals surface area contributed by atoms with E-state index >= 15 is 0 Å². The second kappa shape index (κ2) is 14.2. The number of amides is 2. The Bertz CT molecular complexity index is 1730. The number of pyridine rings is 1. The Kier molecular flexibility index (Phi) is 9.67. The van der Waals surface area contributed by atoms with Gasteiger partial charge in [-0.15, -0.1) is 0 Å². The molecular weight excluding hydrogens is 627 g/mol. The molecule has 0 spiro atoms. The number of ether oxygens (including phenoxy) is 3. The molecule has 250 valence electrons. The Morgan fingerprint density at radius 3 is 2.31 bits per heavy atom. The third-order valence-electron chi connectivity index (χ3n) is 8.17. The number of piperazine rings is 1. The lowest BCUT2D eigenvalue weighted by Crippen LogP contribution is -2.51. The molecule has 0 aliphatic carbocycles. The number of nitrogens with one attached hydrogen (secondary N) is 1. The monoisotopic (exact) mass is 661 g/mol. The quantitative estimate of drug-likeness (QED) is 0.220. The van der Waals surface area contributed by atoms with Crippen molar-refractivity contribution in [3.63, 3.8) is 0 Å². The lowest BCUT2D eigenvalue weighted by Gasteiger charge is -2.36. The summed E-state index contributed by atoms with van der Waals surface area (Å²) in [5, 5.41) is 2.61. The van der Waals surface area contributed by atoms with Gasteiger partial charge >= 0.3 is 6.18 Å². The van der Waals surface area contributed by atoms with Crippen LogP contribution in [0.15, 0.2) is 85.1 Å². The molecule has 0 unspecified atom stereocenters. The molecule has 4 aromatic rings. The van der Waals surface area contributed by atoms with E-state index in [1.54, 1.807) is 24.3 Å². The topological polar surface area (TPSA) is 96.5 Å². The summed E-state index contributed by atoms with van der Waals surface area (Å²) in [5.74, 6) is 1.89. The Balaban J connectivity index is 0.963. The minimum absolute atomic E-state index is 0.0783. The van der Waals surface area contributed by atoms with Crippen LogP contribution in [0.4, 0.5) is 24.5 Å². The van der Waals surface area contributed by atoms with Crippen LogP contribution in [0, 0.1) is 0 Å². The van der Waals surface area contributed by atoms with Crippen molar-refractivity contribution in [1.82, 2.24) is 14.8 Å². The van der Waals surface area contributed by atoms with E-state index in [0.717, 1.165) is 66.6 Å². The molecule has 2 amide bonds. The zero-order chi connectivity index (χ0) is 33.7. The average Bonchev–Trinajstić information content (AvgIpc) is 3.56. The first-order chi connectivity index (χ1) is 23.1. The van der Waals surface area contributed by atoms with Crippen LogP contribution in [-0.4, -0.2) is 72.7 Å². The fraction of sp³-hybridized carbons (Fsp3) is 0.286. The van der Waals surface area contributed by atoms with Crippen LogP contribution < -0.4 is 24.4 Å². The first-order valence-corrected chi connectivity index (χ1v) is 15.5.